The highest BCUT2D eigenvalue weighted by molar-refractivity contribution is 6.10. The van der Waals surface area contributed by atoms with Gasteiger partial charge < -0.3 is 15.5 Å². The van der Waals surface area contributed by atoms with Crippen LogP contribution >= 0.6 is 0 Å². The van der Waals surface area contributed by atoms with Crippen molar-refractivity contribution in [3.63, 3.8) is 0 Å². The Bertz CT molecular complexity index is 586. The summed E-state index contributed by atoms with van der Waals surface area (Å²) >= 11 is 0. The van der Waals surface area contributed by atoms with E-state index in [-0.39, 0.29) is 37.1 Å². The second-order valence-corrected chi connectivity index (χ2v) is 5.60. The zero-order valence-electron chi connectivity index (χ0n) is 13.4. The minimum Gasteiger partial charge on any atom is -0.356 e. The fourth-order valence-electron chi connectivity index (χ4n) is 2.50. The minimum atomic E-state index is -0.221. The molecule has 0 unspecified atom stereocenters. The van der Waals surface area contributed by atoms with Crippen molar-refractivity contribution in [1.29, 1.82) is 0 Å². The molecule has 0 aromatic heterocycles. The van der Waals surface area contributed by atoms with Crippen LogP contribution in [0.4, 0.5) is 11.4 Å². The Morgan fingerprint density at radius 1 is 1.22 bits per heavy atom. The number of nitrogens with one attached hydrogen (secondary N) is 2. The SMILES string of the molecule is CCCCCNC(=O)CCC(=O)N1CC(=O)Nc2ccccc21. The zero-order chi connectivity index (χ0) is 16.7. The fraction of sp³-hybridized carbons (Fsp3) is 0.471. The molecular formula is C17H23N3O3. The predicted octanol–water partition coefficient (Wildman–Crippen LogP) is 2.06. The van der Waals surface area contributed by atoms with Crippen molar-refractivity contribution >= 4 is 29.1 Å². The van der Waals surface area contributed by atoms with Gasteiger partial charge in [-0.15, -0.1) is 0 Å². The maximum Gasteiger partial charge on any atom is 0.244 e. The summed E-state index contributed by atoms with van der Waals surface area (Å²) in [6.07, 6.45) is 3.38. The summed E-state index contributed by atoms with van der Waals surface area (Å²) in [5, 5.41) is 5.55. The van der Waals surface area contributed by atoms with Crippen LogP contribution in [0.1, 0.15) is 39.0 Å². The van der Waals surface area contributed by atoms with Crippen LogP contribution in [0.15, 0.2) is 24.3 Å². The van der Waals surface area contributed by atoms with Crippen molar-refractivity contribution in [1.82, 2.24) is 5.32 Å². The molecular weight excluding hydrogens is 294 g/mol. The first kappa shape index (κ1) is 17.0. The van der Waals surface area contributed by atoms with Gasteiger partial charge in [0.2, 0.25) is 17.7 Å². The average molecular weight is 317 g/mol. The number of unbranched alkanes of at least 4 members (excludes halogenated alkanes) is 2. The van der Waals surface area contributed by atoms with Crippen LogP contribution in [0.5, 0.6) is 0 Å². The summed E-state index contributed by atoms with van der Waals surface area (Å²) in [7, 11) is 0. The number of anilines is 2. The van der Waals surface area contributed by atoms with E-state index in [0.717, 1.165) is 19.3 Å². The van der Waals surface area contributed by atoms with Gasteiger partial charge in [-0.2, -0.15) is 0 Å². The standard InChI is InChI=1S/C17H23N3O3/c1-2-3-6-11-18-15(21)9-10-17(23)20-12-16(22)19-13-7-4-5-8-14(13)20/h4-5,7-8H,2-3,6,9-12H2,1H3,(H,18,21)(H,19,22). The number of carbonyl (C=O) groups is 3. The van der Waals surface area contributed by atoms with Gasteiger partial charge in [-0.1, -0.05) is 31.9 Å². The third-order valence-electron chi connectivity index (χ3n) is 3.74. The Balaban J connectivity index is 1.86. The summed E-state index contributed by atoms with van der Waals surface area (Å²) in [5.74, 6) is -0.554. The quantitative estimate of drug-likeness (QED) is 0.756. The highest BCUT2D eigenvalue weighted by Gasteiger charge is 2.26. The molecule has 0 saturated carbocycles. The molecule has 2 N–H and O–H groups in total. The second-order valence-electron chi connectivity index (χ2n) is 5.60. The first-order valence-electron chi connectivity index (χ1n) is 8.07. The molecule has 2 rings (SSSR count). The van der Waals surface area contributed by atoms with E-state index < -0.39 is 0 Å². The Morgan fingerprint density at radius 2 is 2.00 bits per heavy atom. The highest BCUT2D eigenvalue weighted by atomic mass is 16.2. The lowest BCUT2D eigenvalue weighted by atomic mass is 10.1. The van der Waals surface area contributed by atoms with Crippen molar-refractivity contribution in [3.05, 3.63) is 24.3 Å². The molecule has 3 amide bonds. The van der Waals surface area contributed by atoms with Gasteiger partial charge in [-0.3, -0.25) is 14.4 Å². The number of hydrogen-bond donors (Lipinski definition) is 2. The third kappa shape index (κ3) is 4.81. The van der Waals surface area contributed by atoms with Crippen molar-refractivity contribution in [2.45, 2.75) is 39.0 Å². The zero-order valence-corrected chi connectivity index (χ0v) is 13.4. The molecule has 6 nitrogen and oxygen atoms in total. The van der Waals surface area contributed by atoms with Gasteiger partial charge in [0, 0.05) is 19.4 Å². The lowest BCUT2D eigenvalue weighted by Crippen LogP contribution is -2.42. The molecule has 124 valence electrons. The molecule has 23 heavy (non-hydrogen) atoms. The Kier molecular flexibility index (Phi) is 6.14. The summed E-state index contributed by atoms with van der Waals surface area (Å²) in [6, 6.07) is 7.17. The van der Waals surface area contributed by atoms with Gasteiger partial charge in [0.15, 0.2) is 0 Å². The maximum atomic E-state index is 12.4. The maximum absolute atomic E-state index is 12.4. The fourth-order valence-corrected chi connectivity index (χ4v) is 2.50. The molecule has 0 bridgehead atoms. The van der Waals surface area contributed by atoms with E-state index in [1.807, 2.05) is 6.07 Å². The first-order chi connectivity index (χ1) is 11.1. The minimum absolute atomic E-state index is 0.00599. The van der Waals surface area contributed by atoms with Gasteiger partial charge in [-0.05, 0) is 18.6 Å². The summed E-state index contributed by atoms with van der Waals surface area (Å²) in [5.41, 5.74) is 1.31. The van der Waals surface area contributed by atoms with Crippen LogP contribution in [0.2, 0.25) is 0 Å². The van der Waals surface area contributed by atoms with E-state index in [9.17, 15) is 14.4 Å². The van der Waals surface area contributed by atoms with E-state index in [1.54, 1.807) is 18.2 Å². The Hall–Kier alpha value is -2.37. The van der Waals surface area contributed by atoms with Gasteiger partial charge in [0.1, 0.15) is 6.54 Å². The number of carbonyl (C=O) groups excluding carboxylic acids is 3. The average Bonchev–Trinajstić information content (AvgIpc) is 2.55. The number of nitrogens with zero attached hydrogens (tertiary/aromatic N) is 1. The number of fused-ring (bicyclic) bond motifs is 1. The van der Waals surface area contributed by atoms with Gasteiger partial charge in [-0.25, -0.2) is 0 Å². The summed E-state index contributed by atoms with van der Waals surface area (Å²) in [6.45, 7) is 2.75. The topological polar surface area (TPSA) is 78.5 Å². The number of benzene rings is 1. The molecule has 0 spiro atoms. The third-order valence-corrected chi connectivity index (χ3v) is 3.74. The van der Waals surface area contributed by atoms with Crippen LogP contribution < -0.4 is 15.5 Å². The van der Waals surface area contributed by atoms with Crippen molar-refractivity contribution in [2.75, 3.05) is 23.3 Å². The number of rotatable bonds is 7. The molecule has 0 saturated heterocycles. The molecule has 0 atom stereocenters. The van der Waals surface area contributed by atoms with Gasteiger partial charge in [0.25, 0.3) is 0 Å². The first-order valence-corrected chi connectivity index (χ1v) is 8.07. The molecule has 0 radical (unpaired) electrons. The van der Waals surface area contributed by atoms with E-state index >= 15 is 0 Å². The molecule has 0 aliphatic carbocycles. The Labute approximate surface area is 136 Å². The lowest BCUT2D eigenvalue weighted by Gasteiger charge is -2.29. The van der Waals surface area contributed by atoms with Crippen molar-refractivity contribution in [2.24, 2.45) is 0 Å². The monoisotopic (exact) mass is 317 g/mol. The predicted molar refractivity (Wildman–Crippen MR) is 89.2 cm³/mol. The molecule has 1 aromatic rings. The highest BCUT2D eigenvalue weighted by Crippen LogP contribution is 2.29. The smallest absolute Gasteiger partial charge is 0.244 e. The van der Waals surface area contributed by atoms with Crippen LogP contribution in [-0.2, 0) is 14.4 Å². The summed E-state index contributed by atoms with van der Waals surface area (Å²) in [4.78, 5) is 37.2. The van der Waals surface area contributed by atoms with Crippen molar-refractivity contribution < 1.29 is 14.4 Å². The molecule has 1 aromatic carbocycles. The van der Waals surface area contributed by atoms with E-state index in [0.29, 0.717) is 17.9 Å². The molecule has 1 heterocycles. The molecule has 6 heteroatoms. The lowest BCUT2D eigenvalue weighted by molar-refractivity contribution is -0.125. The van der Waals surface area contributed by atoms with Crippen molar-refractivity contribution in [3.8, 4) is 0 Å². The van der Waals surface area contributed by atoms with Crippen LogP contribution in [-0.4, -0.2) is 30.8 Å². The van der Waals surface area contributed by atoms with E-state index in [4.69, 9.17) is 0 Å². The van der Waals surface area contributed by atoms with Crippen LogP contribution in [0, 0.1) is 0 Å². The summed E-state index contributed by atoms with van der Waals surface area (Å²) < 4.78 is 0. The van der Waals surface area contributed by atoms with Gasteiger partial charge >= 0.3 is 0 Å². The van der Waals surface area contributed by atoms with Crippen LogP contribution in [0.3, 0.4) is 0 Å². The van der Waals surface area contributed by atoms with E-state index in [2.05, 4.69) is 17.6 Å². The largest absolute Gasteiger partial charge is 0.356 e. The second kappa shape index (κ2) is 8.31. The Morgan fingerprint density at radius 3 is 2.78 bits per heavy atom. The molecule has 1 aliphatic rings. The number of amides is 3. The van der Waals surface area contributed by atoms with Gasteiger partial charge in [0.05, 0.1) is 11.4 Å². The van der Waals surface area contributed by atoms with Crippen LogP contribution in [0.25, 0.3) is 0 Å². The number of para-hydroxylation sites is 2. The van der Waals surface area contributed by atoms with E-state index in [1.165, 1.54) is 4.90 Å². The normalized spacial score (nSPS) is 13.3. The number of hydrogen-bond acceptors (Lipinski definition) is 3. The molecule has 1 aliphatic heterocycles. The molecule has 0 fully saturated rings.